The Morgan fingerprint density at radius 3 is 2.06 bits per heavy atom. The zero-order valence-electron chi connectivity index (χ0n) is 11.6. The van der Waals surface area contributed by atoms with E-state index in [0.29, 0.717) is 12.8 Å². The number of carbonyl (C=O) groups is 1. The van der Waals surface area contributed by atoms with E-state index < -0.39 is 5.41 Å². The second-order valence-electron chi connectivity index (χ2n) is 6.77. The van der Waals surface area contributed by atoms with Crippen molar-refractivity contribution >= 4 is 11.7 Å². The summed E-state index contributed by atoms with van der Waals surface area (Å²) < 4.78 is 0. The minimum absolute atomic E-state index is 0.0440. The van der Waals surface area contributed by atoms with Crippen LogP contribution in [0.15, 0.2) is 5.16 Å². The van der Waals surface area contributed by atoms with Crippen LogP contribution >= 0.6 is 0 Å². The second kappa shape index (κ2) is 3.62. The second-order valence-corrected chi connectivity index (χ2v) is 6.77. The van der Waals surface area contributed by atoms with Crippen molar-refractivity contribution in [3.8, 4) is 0 Å². The summed E-state index contributed by atoms with van der Waals surface area (Å²) in [6, 6.07) is 0.154. The number of nitrogens with two attached hydrogens (primary N) is 1. The number of nitrogens with one attached hydrogen (secondary N) is 1. The Kier molecular flexibility index (Phi) is 2.65. The van der Waals surface area contributed by atoms with Crippen molar-refractivity contribution in [1.82, 2.24) is 5.32 Å². The highest BCUT2D eigenvalue weighted by Crippen LogP contribution is 2.63. The molecule has 0 spiro atoms. The number of hydrogen-bond acceptors (Lipinski definition) is 3. The molecule has 0 radical (unpaired) electrons. The third kappa shape index (κ3) is 1.45. The first-order valence-corrected chi connectivity index (χ1v) is 6.49. The molecule has 2 aliphatic rings. The number of hydrogen-bond donors (Lipinski definition) is 3. The molecule has 2 aliphatic carbocycles. The number of carbonyl (C=O) groups excluding carboxylic acids is 1. The lowest BCUT2D eigenvalue weighted by Gasteiger charge is -2.38. The minimum Gasteiger partial charge on any atom is -0.409 e. The molecular formula is C13H23N3O2. The third-order valence-electron chi connectivity index (χ3n) is 5.54. The number of amides is 1. The summed E-state index contributed by atoms with van der Waals surface area (Å²) in [6.07, 6.45) is 2.28. The van der Waals surface area contributed by atoms with Crippen LogP contribution in [0.1, 0.15) is 47.0 Å². The largest absolute Gasteiger partial charge is 0.409 e. The van der Waals surface area contributed by atoms with E-state index in [1.807, 2.05) is 0 Å². The van der Waals surface area contributed by atoms with Crippen LogP contribution in [0.4, 0.5) is 0 Å². The minimum atomic E-state index is -0.774. The zero-order chi connectivity index (χ0) is 13.8. The van der Waals surface area contributed by atoms with E-state index >= 15 is 0 Å². The van der Waals surface area contributed by atoms with Crippen LogP contribution in [0, 0.1) is 16.2 Å². The fourth-order valence-corrected chi connectivity index (χ4v) is 3.05. The smallest absolute Gasteiger partial charge is 0.234 e. The molecule has 4 N–H and O–H groups in total. The van der Waals surface area contributed by atoms with E-state index in [-0.39, 0.29) is 28.6 Å². The molecule has 0 unspecified atom stereocenters. The van der Waals surface area contributed by atoms with Gasteiger partial charge in [0.2, 0.25) is 5.91 Å². The summed E-state index contributed by atoms with van der Waals surface area (Å²) in [5.41, 5.74) is 5.10. The summed E-state index contributed by atoms with van der Waals surface area (Å²) in [5.74, 6) is -0.0461. The van der Waals surface area contributed by atoms with Gasteiger partial charge in [-0.2, -0.15) is 0 Å². The average Bonchev–Trinajstić information content (AvgIpc) is 2.59. The number of amidine groups is 1. The van der Waals surface area contributed by atoms with Gasteiger partial charge in [0.25, 0.3) is 0 Å². The van der Waals surface area contributed by atoms with Crippen LogP contribution < -0.4 is 11.1 Å². The van der Waals surface area contributed by atoms with Gasteiger partial charge in [0.1, 0.15) is 5.41 Å². The van der Waals surface area contributed by atoms with Gasteiger partial charge < -0.3 is 16.3 Å². The van der Waals surface area contributed by atoms with Crippen molar-refractivity contribution in [3.05, 3.63) is 0 Å². The van der Waals surface area contributed by atoms with E-state index in [1.165, 1.54) is 0 Å². The van der Waals surface area contributed by atoms with Gasteiger partial charge >= 0.3 is 0 Å². The molecule has 2 rings (SSSR count). The van der Waals surface area contributed by atoms with Crippen molar-refractivity contribution in [1.29, 1.82) is 0 Å². The van der Waals surface area contributed by atoms with Gasteiger partial charge in [0.15, 0.2) is 5.84 Å². The molecule has 0 bridgehead atoms. The monoisotopic (exact) mass is 253 g/mol. The van der Waals surface area contributed by atoms with Gasteiger partial charge in [-0.1, -0.05) is 39.3 Å². The van der Waals surface area contributed by atoms with Gasteiger partial charge in [-0.25, -0.2) is 0 Å². The molecule has 0 aromatic rings. The average molecular weight is 253 g/mol. The highest BCUT2D eigenvalue weighted by Gasteiger charge is 2.66. The SMILES string of the molecule is CC1(C)C(NC(=O)C2(C(N)=NO)CCC2)C1(C)C. The Bertz CT molecular complexity index is 394. The predicted molar refractivity (Wildman–Crippen MR) is 69.2 cm³/mol. The Morgan fingerprint density at radius 1 is 1.28 bits per heavy atom. The van der Waals surface area contributed by atoms with Crippen LogP contribution in [0.25, 0.3) is 0 Å². The first-order chi connectivity index (χ1) is 8.20. The third-order valence-corrected chi connectivity index (χ3v) is 5.54. The van der Waals surface area contributed by atoms with E-state index in [2.05, 4.69) is 38.2 Å². The Balaban J connectivity index is 2.10. The number of nitrogens with zero attached hydrogens (tertiary/aromatic N) is 1. The normalized spacial score (nSPS) is 28.3. The quantitative estimate of drug-likeness (QED) is 0.308. The van der Waals surface area contributed by atoms with Gasteiger partial charge in [-0.3, -0.25) is 4.79 Å². The molecule has 5 nitrogen and oxygen atoms in total. The molecule has 1 amide bonds. The molecule has 102 valence electrons. The fraction of sp³-hybridized carbons (Fsp3) is 0.846. The van der Waals surface area contributed by atoms with Crippen molar-refractivity contribution < 1.29 is 10.0 Å². The van der Waals surface area contributed by atoms with Gasteiger partial charge in [-0.05, 0) is 23.7 Å². The van der Waals surface area contributed by atoms with Crippen LogP contribution in [-0.2, 0) is 4.79 Å². The van der Waals surface area contributed by atoms with Crippen LogP contribution in [0.5, 0.6) is 0 Å². The maximum atomic E-state index is 12.4. The Labute approximate surface area is 108 Å². The molecule has 0 aromatic heterocycles. The molecule has 0 heterocycles. The summed E-state index contributed by atoms with van der Waals surface area (Å²) >= 11 is 0. The molecule has 5 heteroatoms. The number of rotatable bonds is 3. The summed E-state index contributed by atoms with van der Waals surface area (Å²) in [7, 11) is 0. The van der Waals surface area contributed by atoms with E-state index in [9.17, 15) is 4.79 Å². The molecule has 0 atom stereocenters. The van der Waals surface area contributed by atoms with Gasteiger partial charge in [0.05, 0.1) is 0 Å². The van der Waals surface area contributed by atoms with Crippen molar-refractivity contribution in [3.63, 3.8) is 0 Å². The lowest BCUT2D eigenvalue weighted by Crippen LogP contribution is -2.55. The van der Waals surface area contributed by atoms with Crippen LogP contribution in [0.2, 0.25) is 0 Å². The molecule has 0 saturated heterocycles. The first kappa shape index (κ1) is 13.2. The van der Waals surface area contributed by atoms with E-state index in [0.717, 1.165) is 6.42 Å². The standard InChI is InChI=1S/C13H23N3O2/c1-11(2)8(12(11,3)4)15-10(17)13(6-5-7-13)9(14)16-18/h8,18H,5-7H2,1-4H3,(H2,14,16)(H,15,17). The maximum Gasteiger partial charge on any atom is 0.234 e. The molecule has 0 aliphatic heterocycles. The van der Waals surface area contributed by atoms with E-state index in [4.69, 9.17) is 10.9 Å². The Hall–Kier alpha value is -1.26. The molecule has 2 fully saturated rings. The zero-order valence-corrected chi connectivity index (χ0v) is 11.6. The fourth-order valence-electron chi connectivity index (χ4n) is 3.05. The highest BCUT2D eigenvalue weighted by atomic mass is 16.4. The molecule has 2 saturated carbocycles. The first-order valence-electron chi connectivity index (χ1n) is 6.49. The summed E-state index contributed by atoms with van der Waals surface area (Å²) in [6.45, 7) is 8.59. The number of oxime groups is 1. The summed E-state index contributed by atoms with van der Waals surface area (Å²) in [5, 5.41) is 14.9. The maximum absolute atomic E-state index is 12.4. The van der Waals surface area contributed by atoms with Gasteiger partial charge in [0, 0.05) is 6.04 Å². The topological polar surface area (TPSA) is 87.7 Å². The van der Waals surface area contributed by atoms with Crippen LogP contribution in [-0.4, -0.2) is 23.0 Å². The van der Waals surface area contributed by atoms with Crippen LogP contribution in [0.3, 0.4) is 0 Å². The van der Waals surface area contributed by atoms with E-state index in [1.54, 1.807) is 0 Å². The Morgan fingerprint density at radius 2 is 1.78 bits per heavy atom. The molecule has 0 aromatic carbocycles. The molecule has 18 heavy (non-hydrogen) atoms. The van der Waals surface area contributed by atoms with Crippen molar-refractivity contribution in [2.75, 3.05) is 0 Å². The predicted octanol–water partition coefficient (Wildman–Crippen LogP) is 1.45. The van der Waals surface area contributed by atoms with Crippen molar-refractivity contribution in [2.45, 2.75) is 53.0 Å². The lowest BCUT2D eigenvalue weighted by molar-refractivity contribution is -0.131. The summed E-state index contributed by atoms with van der Waals surface area (Å²) in [4.78, 5) is 12.4. The van der Waals surface area contributed by atoms with Gasteiger partial charge in [-0.15, -0.1) is 0 Å². The highest BCUT2D eigenvalue weighted by molar-refractivity contribution is 6.07. The lowest BCUT2D eigenvalue weighted by atomic mass is 9.67. The van der Waals surface area contributed by atoms with Crippen molar-refractivity contribution in [2.24, 2.45) is 27.1 Å². The molecular weight excluding hydrogens is 230 g/mol.